The molecule has 2 N–H and O–H groups in total. The van der Waals surface area contributed by atoms with Gasteiger partial charge in [0.15, 0.2) is 0 Å². The van der Waals surface area contributed by atoms with Crippen molar-refractivity contribution in [3.63, 3.8) is 0 Å². The summed E-state index contributed by atoms with van der Waals surface area (Å²) in [6.45, 7) is 3.74. The Morgan fingerprint density at radius 1 is 1.04 bits per heavy atom. The fourth-order valence-corrected chi connectivity index (χ4v) is 2.41. The van der Waals surface area contributed by atoms with Gasteiger partial charge in [-0.25, -0.2) is 9.97 Å². The van der Waals surface area contributed by atoms with E-state index in [-0.39, 0.29) is 5.69 Å². The third kappa shape index (κ3) is 4.02. The van der Waals surface area contributed by atoms with E-state index in [0.29, 0.717) is 22.9 Å². The lowest BCUT2D eigenvalue weighted by Crippen LogP contribution is -2.16. The first-order valence-corrected chi connectivity index (χ1v) is 8.05. The van der Waals surface area contributed by atoms with E-state index in [2.05, 4.69) is 26.7 Å². The second-order valence-corrected chi connectivity index (χ2v) is 5.79. The van der Waals surface area contributed by atoms with Gasteiger partial charge in [0.25, 0.3) is 5.91 Å². The molecule has 0 spiro atoms. The first kappa shape index (κ1) is 17.1. The molecule has 26 heavy (non-hydrogen) atoms. The highest BCUT2D eigenvalue weighted by molar-refractivity contribution is 6.04. The van der Waals surface area contributed by atoms with Gasteiger partial charge in [-0.3, -0.25) is 4.79 Å². The van der Waals surface area contributed by atoms with Crippen molar-refractivity contribution in [2.45, 2.75) is 13.8 Å². The summed E-state index contributed by atoms with van der Waals surface area (Å²) in [5, 5.41) is 15.0. The number of benzene rings is 2. The minimum atomic E-state index is -0.398. The molecule has 2 aromatic carbocycles. The van der Waals surface area contributed by atoms with Crippen LogP contribution in [0.3, 0.4) is 0 Å². The molecule has 0 saturated heterocycles. The van der Waals surface area contributed by atoms with Crippen LogP contribution < -0.4 is 10.6 Å². The van der Waals surface area contributed by atoms with Gasteiger partial charge in [-0.1, -0.05) is 29.8 Å². The molecule has 6 heteroatoms. The monoisotopic (exact) mass is 343 g/mol. The molecule has 0 saturated carbocycles. The van der Waals surface area contributed by atoms with Gasteiger partial charge < -0.3 is 10.6 Å². The van der Waals surface area contributed by atoms with E-state index >= 15 is 0 Å². The number of hydrogen-bond acceptors (Lipinski definition) is 5. The highest BCUT2D eigenvalue weighted by Crippen LogP contribution is 2.18. The summed E-state index contributed by atoms with van der Waals surface area (Å²) in [6.07, 6.45) is 0. The van der Waals surface area contributed by atoms with Crippen LogP contribution in [0.25, 0.3) is 0 Å². The molecule has 0 fully saturated rings. The molecular formula is C20H17N5O. The van der Waals surface area contributed by atoms with Crippen molar-refractivity contribution in [3.8, 4) is 6.07 Å². The van der Waals surface area contributed by atoms with E-state index in [1.807, 2.05) is 31.2 Å². The maximum atomic E-state index is 12.5. The van der Waals surface area contributed by atoms with Crippen molar-refractivity contribution in [1.29, 1.82) is 5.26 Å². The fraction of sp³-hybridized carbons (Fsp3) is 0.100. The summed E-state index contributed by atoms with van der Waals surface area (Å²) in [5.74, 6) is 0.603. The van der Waals surface area contributed by atoms with E-state index in [1.54, 1.807) is 37.3 Å². The van der Waals surface area contributed by atoms with Crippen molar-refractivity contribution < 1.29 is 4.79 Å². The summed E-state index contributed by atoms with van der Waals surface area (Å²) in [4.78, 5) is 21.1. The van der Waals surface area contributed by atoms with Crippen LogP contribution in [-0.2, 0) is 0 Å². The summed E-state index contributed by atoms with van der Waals surface area (Å²) < 4.78 is 0. The van der Waals surface area contributed by atoms with E-state index < -0.39 is 5.91 Å². The maximum Gasteiger partial charge on any atom is 0.274 e. The Bertz CT molecular complexity index is 990. The Morgan fingerprint density at radius 3 is 2.50 bits per heavy atom. The Labute approximate surface area is 151 Å². The topological polar surface area (TPSA) is 90.7 Å². The van der Waals surface area contributed by atoms with Crippen molar-refractivity contribution in [1.82, 2.24) is 9.97 Å². The number of nitrogens with one attached hydrogen (secondary N) is 2. The number of hydrogen-bond donors (Lipinski definition) is 2. The molecule has 0 aliphatic rings. The molecule has 0 aliphatic heterocycles. The number of anilines is 3. The highest BCUT2D eigenvalue weighted by Gasteiger charge is 2.13. The number of carbonyl (C=O) groups excluding carboxylic acids is 1. The molecule has 0 atom stereocenters. The average Bonchev–Trinajstić information content (AvgIpc) is 2.63. The lowest BCUT2D eigenvalue weighted by Gasteiger charge is -2.10. The van der Waals surface area contributed by atoms with Crippen molar-refractivity contribution >= 4 is 23.1 Å². The number of carbonyl (C=O) groups is 1. The highest BCUT2D eigenvalue weighted by atomic mass is 16.1. The third-order valence-electron chi connectivity index (χ3n) is 3.69. The molecule has 6 nitrogen and oxygen atoms in total. The molecule has 1 heterocycles. The minimum Gasteiger partial charge on any atom is -0.340 e. The molecule has 1 amide bonds. The van der Waals surface area contributed by atoms with Gasteiger partial charge in [-0.2, -0.15) is 5.26 Å². The standard InChI is InChI=1S/C20H17N5O/c1-13-7-9-16(10-8-13)24-19-11-18(22-14(2)23-19)20(26)25-17-6-4-3-5-15(17)12-21/h3-11H,1-2H3,(H,25,26)(H,22,23,24). The SMILES string of the molecule is Cc1ccc(Nc2cc(C(=O)Nc3ccccc3C#N)nc(C)n2)cc1. The van der Waals surface area contributed by atoms with Crippen LogP contribution >= 0.6 is 0 Å². The number of nitriles is 1. The number of aromatic nitrogens is 2. The zero-order valence-corrected chi connectivity index (χ0v) is 14.4. The second kappa shape index (κ2) is 7.45. The molecule has 3 rings (SSSR count). The van der Waals surface area contributed by atoms with Gasteiger partial charge in [0.2, 0.25) is 0 Å². The number of para-hydroxylation sites is 1. The average molecular weight is 343 g/mol. The van der Waals surface area contributed by atoms with Crippen LogP contribution in [0.2, 0.25) is 0 Å². The molecular weight excluding hydrogens is 326 g/mol. The predicted molar refractivity (Wildman–Crippen MR) is 100 cm³/mol. The lowest BCUT2D eigenvalue weighted by molar-refractivity contribution is 0.102. The first-order chi connectivity index (χ1) is 12.5. The molecule has 0 radical (unpaired) electrons. The van der Waals surface area contributed by atoms with Gasteiger partial charge >= 0.3 is 0 Å². The van der Waals surface area contributed by atoms with Gasteiger partial charge in [-0.05, 0) is 38.1 Å². The maximum absolute atomic E-state index is 12.5. The second-order valence-electron chi connectivity index (χ2n) is 5.79. The van der Waals surface area contributed by atoms with Crippen LogP contribution in [0.1, 0.15) is 27.4 Å². The molecule has 0 aliphatic carbocycles. The van der Waals surface area contributed by atoms with Gasteiger partial charge in [-0.15, -0.1) is 0 Å². The summed E-state index contributed by atoms with van der Waals surface area (Å²) in [5.41, 5.74) is 3.09. The van der Waals surface area contributed by atoms with Crippen LogP contribution in [0, 0.1) is 25.2 Å². The number of aryl methyl sites for hydroxylation is 2. The molecule has 3 aromatic rings. The third-order valence-corrected chi connectivity index (χ3v) is 3.69. The summed E-state index contributed by atoms with van der Waals surface area (Å²) in [7, 11) is 0. The molecule has 0 unspecified atom stereocenters. The van der Waals surface area contributed by atoms with Crippen LogP contribution in [-0.4, -0.2) is 15.9 Å². The lowest BCUT2D eigenvalue weighted by atomic mass is 10.2. The Balaban J connectivity index is 1.83. The molecule has 128 valence electrons. The van der Waals surface area contributed by atoms with Gasteiger partial charge in [0.05, 0.1) is 11.3 Å². The zero-order valence-electron chi connectivity index (χ0n) is 14.4. The van der Waals surface area contributed by atoms with E-state index in [9.17, 15) is 4.79 Å². The minimum absolute atomic E-state index is 0.222. The number of nitrogens with zero attached hydrogens (tertiary/aromatic N) is 3. The molecule has 1 aromatic heterocycles. The Hall–Kier alpha value is -3.72. The van der Waals surface area contributed by atoms with E-state index in [0.717, 1.165) is 11.3 Å². The van der Waals surface area contributed by atoms with Crippen LogP contribution in [0.5, 0.6) is 0 Å². The van der Waals surface area contributed by atoms with Gasteiger partial charge in [0, 0.05) is 11.8 Å². The van der Waals surface area contributed by atoms with E-state index in [1.165, 1.54) is 0 Å². The predicted octanol–water partition coefficient (Wildman–Crippen LogP) is 3.96. The molecule has 0 bridgehead atoms. The number of rotatable bonds is 4. The number of amides is 1. The largest absolute Gasteiger partial charge is 0.340 e. The van der Waals surface area contributed by atoms with Gasteiger partial charge in [0.1, 0.15) is 23.4 Å². The van der Waals surface area contributed by atoms with E-state index in [4.69, 9.17) is 5.26 Å². The van der Waals surface area contributed by atoms with Crippen molar-refractivity contribution in [3.05, 3.63) is 77.2 Å². The summed E-state index contributed by atoms with van der Waals surface area (Å²) in [6, 6.07) is 18.3. The smallest absolute Gasteiger partial charge is 0.274 e. The first-order valence-electron chi connectivity index (χ1n) is 8.05. The Kier molecular flexibility index (Phi) is 4.90. The van der Waals surface area contributed by atoms with Crippen molar-refractivity contribution in [2.24, 2.45) is 0 Å². The Morgan fingerprint density at radius 2 is 1.77 bits per heavy atom. The van der Waals surface area contributed by atoms with Crippen LogP contribution in [0.4, 0.5) is 17.2 Å². The summed E-state index contributed by atoms with van der Waals surface area (Å²) >= 11 is 0. The fourth-order valence-electron chi connectivity index (χ4n) is 2.41. The van der Waals surface area contributed by atoms with Crippen molar-refractivity contribution in [2.75, 3.05) is 10.6 Å². The van der Waals surface area contributed by atoms with Crippen LogP contribution in [0.15, 0.2) is 54.6 Å². The quantitative estimate of drug-likeness (QED) is 0.748. The normalized spacial score (nSPS) is 10.0. The zero-order chi connectivity index (χ0) is 18.5.